The zero-order valence-corrected chi connectivity index (χ0v) is 19.1. The highest BCUT2D eigenvalue weighted by Gasteiger charge is 2.27. The van der Waals surface area contributed by atoms with E-state index in [1.165, 1.54) is 13.2 Å². The van der Waals surface area contributed by atoms with Gasteiger partial charge in [-0.25, -0.2) is 0 Å². The fourth-order valence-corrected chi connectivity index (χ4v) is 3.84. The molecule has 0 saturated carbocycles. The minimum absolute atomic E-state index is 0.0518. The number of hydrogen-bond donors (Lipinski definition) is 3. The Hall–Kier alpha value is -3.87. The van der Waals surface area contributed by atoms with Crippen molar-refractivity contribution in [3.8, 4) is 40.1 Å². The van der Waals surface area contributed by atoms with Gasteiger partial charge >= 0.3 is 0 Å². The Morgan fingerprint density at radius 2 is 1.82 bits per heavy atom. The summed E-state index contributed by atoms with van der Waals surface area (Å²) in [5.74, 6) is -0.453. The highest BCUT2D eigenvalue weighted by atomic mass is 16.5. The van der Waals surface area contributed by atoms with E-state index in [0.717, 1.165) is 11.6 Å². The quantitative estimate of drug-likeness (QED) is 0.464. The van der Waals surface area contributed by atoms with E-state index in [9.17, 15) is 20.1 Å². The summed E-state index contributed by atoms with van der Waals surface area (Å²) in [5.41, 5.74) is 1.25. The molecule has 33 heavy (non-hydrogen) atoms. The Kier molecular flexibility index (Phi) is 5.36. The van der Waals surface area contributed by atoms with E-state index >= 15 is 0 Å². The zero-order valence-electron chi connectivity index (χ0n) is 19.1. The molecule has 3 N–H and O–H groups in total. The van der Waals surface area contributed by atoms with Crippen molar-refractivity contribution >= 4 is 17.0 Å². The van der Waals surface area contributed by atoms with Crippen molar-refractivity contribution in [3.05, 3.63) is 57.3 Å². The monoisotopic (exact) mass is 450 g/mol. The van der Waals surface area contributed by atoms with Gasteiger partial charge in [-0.05, 0) is 52.3 Å². The molecule has 4 rings (SSSR count). The predicted octanol–water partition coefficient (Wildman–Crippen LogP) is 5.28. The topological polar surface area (TPSA) is 109 Å². The van der Waals surface area contributed by atoms with Gasteiger partial charge in [0.1, 0.15) is 28.1 Å². The lowest BCUT2D eigenvalue weighted by Gasteiger charge is -2.28. The van der Waals surface area contributed by atoms with Crippen LogP contribution in [0.4, 0.5) is 0 Å². The maximum absolute atomic E-state index is 13.3. The number of fused-ring (bicyclic) bond motifs is 2. The fourth-order valence-electron chi connectivity index (χ4n) is 3.84. The minimum atomic E-state index is -0.588. The Labute approximate surface area is 190 Å². The van der Waals surface area contributed by atoms with Gasteiger partial charge in [0, 0.05) is 22.8 Å². The SMILES string of the molecule is COc1c(-c2cc(O)c3c(c2)C=CC(C)(C)O3)oc2c(CC=C(C)C)c(O)cc(O)c2c1=O. The molecule has 2 aromatic carbocycles. The standard InChI is InChI=1S/C26H26O7/c1-13(2)6-7-16-17(27)12-18(28)20-21(30)25(31-5)23(32-24(16)20)15-10-14-8-9-26(3,4)33-22(14)19(29)11-15/h6,8-12,27-29H,7H2,1-5H3. The summed E-state index contributed by atoms with van der Waals surface area (Å²) in [6.45, 7) is 7.57. The third-order valence-corrected chi connectivity index (χ3v) is 5.49. The second kappa shape index (κ2) is 7.92. The molecule has 0 bridgehead atoms. The first-order valence-corrected chi connectivity index (χ1v) is 10.5. The van der Waals surface area contributed by atoms with Gasteiger partial charge in [-0.3, -0.25) is 4.79 Å². The van der Waals surface area contributed by atoms with Crippen molar-refractivity contribution in [3.63, 3.8) is 0 Å². The van der Waals surface area contributed by atoms with E-state index < -0.39 is 16.8 Å². The van der Waals surface area contributed by atoms with Gasteiger partial charge in [0.2, 0.25) is 11.2 Å². The smallest absolute Gasteiger partial charge is 0.239 e. The van der Waals surface area contributed by atoms with Gasteiger partial charge in [-0.2, -0.15) is 0 Å². The van der Waals surface area contributed by atoms with Crippen molar-refractivity contribution in [1.29, 1.82) is 0 Å². The maximum Gasteiger partial charge on any atom is 0.239 e. The van der Waals surface area contributed by atoms with Crippen molar-refractivity contribution in [2.45, 2.75) is 39.7 Å². The number of benzene rings is 2. The molecule has 0 saturated heterocycles. The highest BCUT2D eigenvalue weighted by Crippen LogP contribution is 2.44. The number of allylic oxidation sites excluding steroid dienone is 2. The average molecular weight is 450 g/mol. The molecule has 0 aliphatic carbocycles. The van der Waals surface area contributed by atoms with Crippen LogP contribution in [-0.2, 0) is 6.42 Å². The molecule has 7 nitrogen and oxygen atoms in total. The van der Waals surface area contributed by atoms with Gasteiger partial charge in [0.25, 0.3) is 0 Å². The summed E-state index contributed by atoms with van der Waals surface area (Å²) < 4.78 is 17.3. The van der Waals surface area contributed by atoms with Crippen LogP contribution in [0.25, 0.3) is 28.4 Å². The highest BCUT2D eigenvalue weighted by molar-refractivity contribution is 5.91. The molecule has 0 radical (unpaired) electrons. The van der Waals surface area contributed by atoms with Gasteiger partial charge in [0.15, 0.2) is 17.3 Å². The number of ether oxygens (including phenoxy) is 2. The van der Waals surface area contributed by atoms with Gasteiger partial charge in [-0.1, -0.05) is 17.7 Å². The molecule has 0 fully saturated rings. The first kappa shape index (κ1) is 22.3. The molecule has 1 aromatic heterocycles. The molecule has 0 unspecified atom stereocenters. The number of methoxy groups -OCH3 is 1. The van der Waals surface area contributed by atoms with Crippen molar-refractivity contribution in [2.75, 3.05) is 7.11 Å². The summed E-state index contributed by atoms with van der Waals surface area (Å²) in [7, 11) is 1.33. The summed E-state index contributed by atoms with van der Waals surface area (Å²) in [6.07, 6.45) is 5.86. The number of rotatable bonds is 4. The summed E-state index contributed by atoms with van der Waals surface area (Å²) in [6, 6.07) is 4.27. The summed E-state index contributed by atoms with van der Waals surface area (Å²) >= 11 is 0. The van der Waals surface area contributed by atoms with Crippen LogP contribution in [0.2, 0.25) is 0 Å². The molecule has 7 heteroatoms. The average Bonchev–Trinajstić information content (AvgIpc) is 2.72. The van der Waals surface area contributed by atoms with Crippen molar-refractivity contribution in [2.24, 2.45) is 0 Å². The first-order valence-electron chi connectivity index (χ1n) is 10.5. The van der Waals surface area contributed by atoms with E-state index in [4.69, 9.17) is 13.9 Å². The number of phenols is 3. The van der Waals surface area contributed by atoms with E-state index in [0.29, 0.717) is 28.9 Å². The molecule has 0 atom stereocenters. The molecule has 3 aromatic rings. The zero-order chi connectivity index (χ0) is 24.1. The molecule has 2 heterocycles. The van der Waals surface area contributed by atoms with E-state index in [2.05, 4.69) is 0 Å². The van der Waals surface area contributed by atoms with Crippen molar-refractivity contribution in [1.82, 2.24) is 0 Å². The van der Waals surface area contributed by atoms with Crippen LogP contribution in [0, 0.1) is 0 Å². The second-order valence-electron chi connectivity index (χ2n) is 8.83. The third-order valence-electron chi connectivity index (χ3n) is 5.49. The van der Waals surface area contributed by atoms with Crippen LogP contribution in [0.15, 0.2) is 45.1 Å². The predicted molar refractivity (Wildman–Crippen MR) is 126 cm³/mol. The van der Waals surface area contributed by atoms with E-state index in [-0.39, 0.29) is 34.0 Å². The van der Waals surface area contributed by atoms with Crippen LogP contribution in [0.1, 0.15) is 38.8 Å². The molecule has 172 valence electrons. The normalized spacial score (nSPS) is 14.0. The Morgan fingerprint density at radius 3 is 2.48 bits per heavy atom. The molecule has 0 spiro atoms. The van der Waals surface area contributed by atoms with Crippen LogP contribution in [-0.4, -0.2) is 28.0 Å². The number of phenolic OH excluding ortho intramolecular Hbond substituents is 3. The molecule has 0 amide bonds. The Balaban J connectivity index is 2.03. The third kappa shape index (κ3) is 3.91. The van der Waals surface area contributed by atoms with E-state index in [1.807, 2.05) is 45.9 Å². The largest absolute Gasteiger partial charge is 0.507 e. The first-order chi connectivity index (χ1) is 15.5. The maximum atomic E-state index is 13.3. The van der Waals surface area contributed by atoms with Crippen LogP contribution in [0.5, 0.6) is 28.7 Å². The molecular formula is C26H26O7. The number of hydrogen-bond acceptors (Lipinski definition) is 7. The molecular weight excluding hydrogens is 424 g/mol. The fraction of sp³-hybridized carbons (Fsp3) is 0.269. The summed E-state index contributed by atoms with van der Waals surface area (Å²) in [5, 5.41) is 31.5. The molecule has 1 aliphatic heterocycles. The number of aromatic hydroxyl groups is 3. The van der Waals surface area contributed by atoms with E-state index in [1.54, 1.807) is 6.07 Å². The lowest BCUT2D eigenvalue weighted by molar-refractivity contribution is 0.153. The van der Waals surface area contributed by atoms with Gasteiger partial charge in [0.05, 0.1) is 7.11 Å². The Bertz CT molecular complexity index is 1390. The van der Waals surface area contributed by atoms with Gasteiger partial charge in [-0.15, -0.1) is 0 Å². The van der Waals surface area contributed by atoms with Crippen LogP contribution < -0.4 is 14.9 Å². The second-order valence-corrected chi connectivity index (χ2v) is 8.83. The van der Waals surface area contributed by atoms with Crippen molar-refractivity contribution < 1.29 is 29.2 Å². The van der Waals surface area contributed by atoms with Gasteiger partial charge < -0.3 is 29.2 Å². The summed E-state index contributed by atoms with van der Waals surface area (Å²) in [4.78, 5) is 13.3. The van der Waals surface area contributed by atoms with Crippen LogP contribution >= 0.6 is 0 Å². The lowest BCUT2D eigenvalue weighted by atomic mass is 9.98. The molecule has 1 aliphatic rings. The lowest BCUT2D eigenvalue weighted by Crippen LogP contribution is -2.27. The minimum Gasteiger partial charge on any atom is -0.507 e. The van der Waals surface area contributed by atoms with Crippen LogP contribution in [0.3, 0.4) is 0 Å². The Morgan fingerprint density at radius 1 is 1.09 bits per heavy atom.